The number of aryl methyl sites for hydroxylation is 1. The molecule has 0 aliphatic heterocycles. The Labute approximate surface area is 207 Å². The van der Waals surface area contributed by atoms with Gasteiger partial charge in [0.1, 0.15) is 11.6 Å². The molecule has 1 amide bonds. The number of anilines is 1. The maximum Gasteiger partial charge on any atom is 0.256 e. The van der Waals surface area contributed by atoms with Crippen LogP contribution in [0.1, 0.15) is 42.7 Å². The van der Waals surface area contributed by atoms with Crippen molar-refractivity contribution in [3.63, 3.8) is 0 Å². The first-order valence-electron chi connectivity index (χ1n) is 11.3. The monoisotopic (exact) mass is 515 g/mol. The largest absolute Gasteiger partial charge is 0.306 e. The van der Waals surface area contributed by atoms with E-state index in [0.29, 0.717) is 45.5 Å². The fraction of sp³-hybridized carbons (Fsp3) is 0.292. The van der Waals surface area contributed by atoms with E-state index in [1.807, 2.05) is 13.8 Å². The van der Waals surface area contributed by atoms with Crippen molar-refractivity contribution >= 4 is 43.3 Å². The average molecular weight is 516 g/mol. The fourth-order valence-electron chi connectivity index (χ4n) is 3.68. The predicted molar refractivity (Wildman–Crippen MR) is 135 cm³/mol. The minimum absolute atomic E-state index is 0.151. The molecule has 8 nitrogen and oxygen atoms in total. The number of fused-ring (bicyclic) bond motifs is 1. The number of nitrogens with one attached hydrogen (secondary N) is 1. The van der Waals surface area contributed by atoms with E-state index in [1.54, 1.807) is 19.1 Å². The molecular formula is C24H26FN5O3S2. The summed E-state index contributed by atoms with van der Waals surface area (Å²) in [6.45, 7) is 6.55. The molecule has 4 aromatic rings. The number of rotatable bonds is 9. The Morgan fingerprint density at radius 1 is 1.09 bits per heavy atom. The molecule has 1 N–H and O–H groups in total. The summed E-state index contributed by atoms with van der Waals surface area (Å²) in [5.41, 5.74) is 1.60. The Hall–Kier alpha value is -3.15. The second-order valence-corrected chi connectivity index (χ2v) is 11.0. The average Bonchev–Trinajstić information content (AvgIpc) is 3.41. The van der Waals surface area contributed by atoms with E-state index in [4.69, 9.17) is 0 Å². The SMILES string of the molecule is CCCN(CCC)S(=O)(=O)c1ccc(C(=O)Nc2cc(C)nn2-c2nc3ccc(F)cc3s2)cc1. The van der Waals surface area contributed by atoms with Crippen LogP contribution in [-0.2, 0) is 10.0 Å². The zero-order valence-electron chi connectivity index (χ0n) is 19.7. The molecule has 0 spiro atoms. The maximum atomic E-state index is 13.6. The van der Waals surface area contributed by atoms with Crippen LogP contribution in [0.3, 0.4) is 0 Å². The third-order valence-corrected chi connectivity index (χ3v) is 8.20. The summed E-state index contributed by atoms with van der Waals surface area (Å²) in [6.07, 6.45) is 1.44. The van der Waals surface area contributed by atoms with Crippen molar-refractivity contribution in [1.29, 1.82) is 0 Å². The van der Waals surface area contributed by atoms with Gasteiger partial charge < -0.3 is 5.32 Å². The number of sulfonamides is 1. The van der Waals surface area contributed by atoms with E-state index in [9.17, 15) is 17.6 Å². The van der Waals surface area contributed by atoms with Crippen LogP contribution < -0.4 is 5.32 Å². The molecule has 2 aromatic carbocycles. The molecule has 0 fully saturated rings. The van der Waals surface area contributed by atoms with Gasteiger partial charge in [0.2, 0.25) is 15.2 Å². The number of thiazole rings is 1. The van der Waals surface area contributed by atoms with Crippen molar-refractivity contribution in [1.82, 2.24) is 19.1 Å². The molecule has 2 aromatic heterocycles. The van der Waals surface area contributed by atoms with Gasteiger partial charge in [0.05, 0.1) is 20.8 Å². The Morgan fingerprint density at radius 2 is 1.77 bits per heavy atom. The van der Waals surface area contributed by atoms with Gasteiger partial charge >= 0.3 is 0 Å². The Bertz CT molecular complexity index is 1460. The van der Waals surface area contributed by atoms with Crippen molar-refractivity contribution in [2.45, 2.75) is 38.5 Å². The summed E-state index contributed by atoms with van der Waals surface area (Å²) >= 11 is 1.26. The van der Waals surface area contributed by atoms with Crippen LogP contribution in [-0.4, -0.2) is 46.5 Å². The molecule has 11 heteroatoms. The molecule has 0 atom stereocenters. The van der Waals surface area contributed by atoms with Gasteiger partial charge in [-0.05, 0) is 62.2 Å². The number of hydrogen-bond donors (Lipinski definition) is 1. The lowest BCUT2D eigenvalue weighted by Crippen LogP contribution is -2.32. The quantitative estimate of drug-likeness (QED) is 0.339. The van der Waals surface area contributed by atoms with Gasteiger partial charge in [0, 0.05) is 24.7 Å². The lowest BCUT2D eigenvalue weighted by Gasteiger charge is -2.21. The Kier molecular flexibility index (Phi) is 7.29. The highest BCUT2D eigenvalue weighted by atomic mass is 32.2. The van der Waals surface area contributed by atoms with Crippen LogP contribution in [0.2, 0.25) is 0 Å². The molecule has 4 rings (SSSR count). The first-order valence-corrected chi connectivity index (χ1v) is 13.5. The van der Waals surface area contributed by atoms with E-state index in [2.05, 4.69) is 15.4 Å². The van der Waals surface area contributed by atoms with Gasteiger partial charge in [-0.25, -0.2) is 17.8 Å². The standard InChI is InChI=1S/C24H26FN5O3S2/c1-4-12-29(13-5-2)35(32,33)19-9-6-17(7-10-19)23(31)27-22-14-16(3)28-30(22)24-26-20-11-8-18(25)15-21(20)34-24/h6-11,14-15H,4-5,12-13H2,1-3H3,(H,27,31). The van der Waals surface area contributed by atoms with Crippen LogP contribution in [0, 0.1) is 12.7 Å². The molecule has 184 valence electrons. The minimum atomic E-state index is -3.63. The second kappa shape index (κ2) is 10.2. The lowest BCUT2D eigenvalue weighted by molar-refractivity contribution is 0.102. The smallest absolute Gasteiger partial charge is 0.256 e. The summed E-state index contributed by atoms with van der Waals surface area (Å²) in [6, 6.07) is 11.9. The zero-order valence-corrected chi connectivity index (χ0v) is 21.3. The summed E-state index contributed by atoms with van der Waals surface area (Å²) in [5, 5.41) is 7.72. The third-order valence-electron chi connectivity index (χ3n) is 5.29. The summed E-state index contributed by atoms with van der Waals surface area (Å²) < 4.78 is 43.1. The lowest BCUT2D eigenvalue weighted by atomic mass is 10.2. The van der Waals surface area contributed by atoms with Crippen LogP contribution >= 0.6 is 11.3 Å². The van der Waals surface area contributed by atoms with Crippen molar-refractivity contribution in [2.24, 2.45) is 0 Å². The first-order chi connectivity index (χ1) is 16.7. The van der Waals surface area contributed by atoms with Crippen LogP contribution in [0.25, 0.3) is 15.3 Å². The van der Waals surface area contributed by atoms with Gasteiger partial charge in [-0.1, -0.05) is 25.2 Å². The van der Waals surface area contributed by atoms with E-state index in [-0.39, 0.29) is 10.7 Å². The normalized spacial score (nSPS) is 11.9. The van der Waals surface area contributed by atoms with Gasteiger partial charge in [-0.2, -0.15) is 14.1 Å². The van der Waals surface area contributed by atoms with E-state index >= 15 is 0 Å². The van der Waals surface area contributed by atoms with Crippen molar-refractivity contribution in [3.8, 4) is 5.13 Å². The van der Waals surface area contributed by atoms with Gasteiger partial charge in [-0.3, -0.25) is 4.79 Å². The summed E-state index contributed by atoms with van der Waals surface area (Å²) in [4.78, 5) is 17.6. The maximum absolute atomic E-state index is 13.6. The van der Waals surface area contributed by atoms with Crippen molar-refractivity contribution < 1.29 is 17.6 Å². The number of halogens is 1. The molecule has 0 radical (unpaired) electrons. The van der Waals surface area contributed by atoms with E-state index in [1.165, 1.54) is 56.7 Å². The van der Waals surface area contributed by atoms with Crippen molar-refractivity contribution in [3.05, 3.63) is 65.6 Å². The number of carbonyl (C=O) groups excluding carboxylic acids is 1. The van der Waals surface area contributed by atoms with Crippen molar-refractivity contribution in [2.75, 3.05) is 18.4 Å². The zero-order chi connectivity index (χ0) is 25.2. The molecule has 0 aliphatic carbocycles. The molecule has 0 bridgehead atoms. The fourth-order valence-corrected chi connectivity index (χ4v) is 6.26. The highest BCUT2D eigenvalue weighted by molar-refractivity contribution is 7.89. The minimum Gasteiger partial charge on any atom is -0.306 e. The third kappa shape index (κ3) is 5.26. The topological polar surface area (TPSA) is 97.2 Å². The van der Waals surface area contributed by atoms with Crippen LogP contribution in [0.15, 0.2) is 53.4 Å². The molecule has 0 saturated heterocycles. The molecule has 0 aliphatic rings. The molecule has 35 heavy (non-hydrogen) atoms. The Balaban J connectivity index is 1.57. The van der Waals surface area contributed by atoms with Crippen LogP contribution in [0.5, 0.6) is 0 Å². The predicted octanol–water partition coefficient (Wildman–Crippen LogP) is 4.99. The number of hydrogen-bond acceptors (Lipinski definition) is 6. The summed E-state index contributed by atoms with van der Waals surface area (Å²) in [5.74, 6) is -0.363. The highest BCUT2D eigenvalue weighted by Gasteiger charge is 2.23. The molecule has 0 unspecified atom stereocenters. The van der Waals surface area contributed by atoms with E-state index < -0.39 is 15.9 Å². The second-order valence-electron chi connectivity index (χ2n) is 8.07. The molecular weight excluding hydrogens is 489 g/mol. The number of amides is 1. The van der Waals surface area contributed by atoms with Gasteiger partial charge in [0.25, 0.3) is 5.91 Å². The van der Waals surface area contributed by atoms with Gasteiger partial charge in [-0.15, -0.1) is 0 Å². The number of aromatic nitrogens is 3. The highest BCUT2D eigenvalue weighted by Crippen LogP contribution is 2.28. The summed E-state index contributed by atoms with van der Waals surface area (Å²) in [7, 11) is -3.63. The number of carbonyl (C=O) groups is 1. The molecule has 0 saturated carbocycles. The number of benzene rings is 2. The van der Waals surface area contributed by atoms with E-state index in [0.717, 1.165) is 12.8 Å². The van der Waals surface area contributed by atoms with Crippen LogP contribution in [0.4, 0.5) is 10.2 Å². The number of nitrogens with zero attached hydrogens (tertiary/aromatic N) is 4. The first kappa shape index (κ1) is 25.0. The molecule has 2 heterocycles. The van der Waals surface area contributed by atoms with Gasteiger partial charge in [0.15, 0.2) is 0 Å². The Morgan fingerprint density at radius 3 is 2.43 bits per heavy atom.